The van der Waals surface area contributed by atoms with Crippen LogP contribution >= 0.6 is 0 Å². The molecule has 0 saturated carbocycles. The third-order valence-electron chi connectivity index (χ3n) is 5.62. The van der Waals surface area contributed by atoms with Crippen LogP contribution in [0.5, 0.6) is 5.75 Å². The van der Waals surface area contributed by atoms with E-state index in [2.05, 4.69) is 12.2 Å². The van der Waals surface area contributed by atoms with Gasteiger partial charge in [-0.15, -0.1) is 0 Å². The zero-order valence-electron chi connectivity index (χ0n) is 17.3. The standard InChI is InChI=1S/C24H26N2O4/c1-16-10-12-26(13-11-16)24(28)23-22(19-8-3-4-9-20(19)30-23)25-21(27)15-17-6-5-7-18(14-17)29-2/h3-9,14,16H,10-13,15H2,1-2H3,(H,25,27). The van der Waals surface area contributed by atoms with Gasteiger partial charge in [-0.05, 0) is 48.6 Å². The van der Waals surface area contributed by atoms with E-state index in [-0.39, 0.29) is 24.0 Å². The average molecular weight is 406 g/mol. The van der Waals surface area contributed by atoms with Crippen molar-refractivity contribution in [3.8, 4) is 5.75 Å². The van der Waals surface area contributed by atoms with Crippen LogP contribution in [0, 0.1) is 5.92 Å². The number of ether oxygens (including phenoxy) is 1. The summed E-state index contributed by atoms with van der Waals surface area (Å²) in [5.41, 5.74) is 1.86. The summed E-state index contributed by atoms with van der Waals surface area (Å²) in [5.74, 6) is 1.13. The predicted octanol–water partition coefficient (Wildman–Crippen LogP) is 4.49. The number of furan rings is 1. The van der Waals surface area contributed by atoms with Gasteiger partial charge in [-0.3, -0.25) is 9.59 Å². The molecule has 1 N–H and O–H groups in total. The summed E-state index contributed by atoms with van der Waals surface area (Å²) in [4.78, 5) is 27.8. The summed E-state index contributed by atoms with van der Waals surface area (Å²) in [6, 6.07) is 14.8. The van der Waals surface area contributed by atoms with E-state index in [1.54, 1.807) is 7.11 Å². The molecule has 0 aliphatic carbocycles. The van der Waals surface area contributed by atoms with Gasteiger partial charge < -0.3 is 19.4 Å². The molecule has 30 heavy (non-hydrogen) atoms. The number of hydrogen-bond acceptors (Lipinski definition) is 4. The van der Waals surface area contributed by atoms with E-state index >= 15 is 0 Å². The fraction of sp³-hybridized carbons (Fsp3) is 0.333. The molecule has 4 rings (SSSR count). The summed E-state index contributed by atoms with van der Waals surface area (Å²) in [7, 11) is 1.59. The maximum absolute atomic E-state index is 13.2. The Kier molecular flexibility index (Phi) is 5.74. The fourth-order valence-corrected chi connectivity index (χ4v) is 3.83. The minimum absolute atomic E-state index is 0.171. The Labute approximate surface area is 175 Å². The number of benzene rings is 2. The van der Waals surface area contributed by atoms with Gasteiger partial charge in [0.2, 0.25) is 11.7 Å². The average Bonchev–Trinajstić information content (AvgIpc) is 3.12. The smallest absolute Gasteiger partial charge is 0.291 e. The quantitative estimate of drug-likeness (QED) is 0.677. The first kappa shape index (κ1) is 20.0. The molecule has 2 heterocycles. The molecular weight excluding hydrogens is 380 g/mol. The molecule has 156 valence electrons. The van der Waals surface area contributed by atoms with E-state index in [0.717, 1.165) is 23.8 Å². The molecule has 0 radical (unpaired) electrons. The van der Waals surface area contributed by atoms with Crippen molar-refractivity contribution >= 4 is 28.5 Å². The Balaban J connectivity index is 1.60. The number of nitrogens with one attached hydrogen (secondary N) is 1. The van der Waals surface area contributed by atoms with Crippen molar-refractivity contribution in [1.82, 2.24) is 4.90 Å². The van der Waals surface area contributed by atoms with Crippen molar-refractivity contribution in [2.24, 2.45) is 5.92 Å². The Morgan fingerprint density at radius 2 is 1.90 bits per heavy atom. The summed E-state index contributed by atoms with van der Waals surface area (Å²) >= 11 is 0. The second kappa shape index (κ2) is 8.61. The highest BCUT2D eigenvalue weighted by Gasteiger charge is 2.28. The molecule has 0 unspecified atom stereocenters. The second-order valence-electron chi connectivity index (χ2n) is 7.85. The van der Waals surface area contributed by atoms with Crippen LogP contribution in [0.15, 0.2) is 52.9 Å². The molecule has 1 aliphatic rings. The van der Waals surface area contributed by atoms with E-state index in [9.17, 15) is 9.59 Å². The van der Waals surface area contributed by atoms with Gasteiger partial charge in [0.05, 0.1) is 13.5 Å². The lowest BCUT2D eigenvalue weighted by Gasteiger charge is -2.29. The zero-order chi connectivity index (χ0) is 21.1. The van der Waals surface area contributed by atoms with E-state index in [0.29, 0.717) is 36.0 Å². The van der Waals surface area contributed by atoms with Crippen molar-refractivity contribution < 1.29 is 18.7 Å². The van der Waals surface area contributed by atoms with Gasteiger partial charge in [-0.25, -0.2) is 0 Å². The molecule has 0 atom stereocenters. The predicted molar refractivity (Wildman–Crippen MR) is 116 cm³/mol. The Hall–Kier alpha value is -3.28. The summed E-state index contributed by atoms with van der Waals surface area (Å²) in [5, 5.41) is 3.65. The van der Waals surface area contributed by atoms with E-state index in [1.807, 2.05) is 53.4 Å². The van der Waals surface area contributed by atoms with Gasteiger partial charge in [0.1, 0.15) is 17.0 Å². The third kappa shape index (κ3) is 4.17. The highest BCUT2D eigenvalue weighted by atomic mass is 16.5. The van der Waals surface area contributed by atoms with Crippen LogP contribution in [0.1, 0.15) is 35.9 Å². The lowest BCUT2D eigenvalue weighted by Crippen LogP contribution is -2.38. The number of piperidine rings is 1. The minimum Gasteiger partial charge on any atom is -0.497 e. The molecule has 0 bridgehead atoms. The molecule has 3 aromatic rings. The number of nitrogens with zero attached hydrogens (tertiary/aromatic N) is 1. The number of likely N-dealkylation sites (tertiary alicyclic amines) is 1. The topological polar surface area (TPSA) is 71.8 Å². The normalized spacial score (nSPS) is 14.7. The highest BCUT2D eigenvalue weighted by Crippen LogP contribution is 2.33. The van der Waals surface area contributed by atoms with Crippen molar-refractivity contribution in [2.45, 2.75) is 26.2 Å². The monoisotopic (exact) mass is 406 g/mol. The molecule has 2 aromatic carbocycles. The van der Waals surface area contributed by atoms with Gasteiger partial charge in [-0.2, -0.15) is 0 Å². The Bertz CT molecular complexity index is 1060. The molecule has 1 aliphatic heterocycles. The number of carbonyl (C=O) groups is 2. The lowest BCUT2D eigenvalue weighted by molar-refractivity contribution is -0.115. The molecule has 6 nitrogen and oxygen atoms in total. The number of methoxy groups -OCH3 is 1. The van der Waals surface area contributed by atoms with Gasteiger partial charge in [0.25, 0.3) is 5.91 Å². The number of rotatable bonds is 5. The van der Waals surface area contributed by atoms with Crippen molar-refractivity contribution in [2.75, 3.05) is 25.5 Å². The first-order valence-corrected chi connectivity index (χ1v) is 10.3. The zero-order valence-corrected chi connectivity index (χ0v) is 17.3. The van der Waals surface area contributed by atoms with Crippen molar-refractivity contribution in [3.05, 3.63) is 59.9 Å². The Morgan fingerprint density at radius 1 is 1.13 bits per heavy atom. The summed E-state index contributed by atoms with van der Waals surface area (Å²) < 4.78 is 11.1. The van der Waals surface area contributed by atoms with Gasteiger partial charge in [-0.1, -0.05) is 31.2 Å². The number of hydrogen-bond donors (Lipinski definition) is 1. The molecule has 1 fully saturated rings. The van der Waals surface area contributed by atoms with Crippen LogP contribution in [0.25, 0.3) is 11.0 Å². The van der Waals surface area contributed by atoms with Crippen LogP contribution in [-0.4, -0.2) is 36.9 Å². The highest BCUT2D eigenvalue weighted by molar-refractivity contribution is 6.11. The molecule has 1 saturated heterocycles. The number of para-hydroxylation sites is 1. The molecular formula is C24H26N2O4. The van der Waals surface area contributed by atoms with Gasteiger partial charge >= 0.3 is 0 Å². The SMILES string of the molecule is COc1cccc(CC(=O)Nc2c(C(=O)N3CCC(C)CC3)oc3ccccc23)c1. The van der Waals surface area contributed by atoms with Crippen LogP contribution in [0.3, 0.4) is 0 Å². The number of carbonyl (C=O) groups excluding carboxylic acids is 2. The van der Waals surface area contributed by atoms with E-state index in [4.69, 9.17) is 9.15 Å². The van der Waals surface area contributed by atoms with E-state index < -0.39 is 0 Å². The molecule has 1 aromatic heterocycles. The molecule has 6 heteroatoms. The van der Waals surface area contributed by atoms with Crippen LogP contribution < -0.4 is 10.1 Å². The first-order valence-electron chi connectivity index (χ1n) is 10.3. The molecule has 2 amide bonds. The summed E-state index contributed by atoms with van der Waals surface area (Å²) in [6.07, 6.45) is 2.12. The number of anilines is 1. The lowest BCUT2D eigenvalue weighted by atomic mass is 9.99. The maximum Gasteiger partial charge on any atom is 0.291 e. The summed E-state index contributed by atoms with van der Waals surface area (Å²) in [6.45, 7) is 3.61. The third-order valence-corrected chi connectivity index (χ3v) is 5.62. The maximum atomic E-state index is 13.2. The van der Waals surface area contributed by atoms with Crippen LogP contribution in [0.4, 0.5) is 5.69 Å². The largest absolute Gasteiger partial charge is 0.497 e. The Morgan fingerprint density at radius 3 is 2.67 bits per heavy atom. The van der Waals surface area contributed by atoms with Crippen molar-refractivity contribution in [1.29, 1.82) is 0 Å². The van der Waals surface area contributed by atoms with Crippen molar-refractivity contribution in [3.63, 3.8) is 0 Å². The minimum atomic E-state index is -0.212. The fourth-order valence-electron chi connectivity index (χ4n) is 3.83. The van der Waals surface area contributed by atoms with Gasteiger partial charge in [0, 0.05) is 18.5 Å². The van der Waals surface area contributed by atoms with Gasteiger partial charge in [0.15, 0.2) is 0 Å². The number of amides is 2. The van der Waals surface area contributed by atoms with E-state index in [1.165, 1.54) is 0 Å². The number of fused-ring (bicyclic) bond motifs is 1. The van der Waals surface area contributed by atoms with Crippen LogP contribution in [0.2, 0.25) is 0 Å². The first-order chi connectivity index (χ1) is 14.5. The molecule has 0 spiro atoms. The second-order valence-corrected chi connectivity index (χ2v) is 7.85. The van der Waals surface area contributed by atoms with Crippen LogP contribution in [-0.2, 0) is 11.2 Å².